The summed E-state index contributed by atoms with van der Waals surface area (Å²) >= 11 is 0. The van der Waals surface area contributed by atoms with Crippen LogP contribution in [-0.2, 0) is 17.5 Å². The normalized spacial score (nSPS) is 11.3. The van der Waals surface area contributed by atoms with E-state index in [4.69, 9.17) is 0 Å². The maximum atomic E-state index is 13.2. The highest BCUT2D eigenvalue weighted by molar-refractivity contribution is 5.92. The van der Waals surface area contributed by atoms with Crippen LogP contribution >= 0.6 is 0 Å². The van der Waals surface area contributed by atoms with Crippen molar-refractivity contribution in [2.45, 2.75) is 12.7 Å². The number of hydrogen-bond donors (Lipinski definition) is 1. The van der Waals surface area contributed by atoms with Gasteiger partial charge in [0.25, 0.3) is 16.9 Å². The second kappa shape index (κ2) is 7.81. The summed E-state index contributed by atoms with van der Waals surface area (Å²) in [6.45, 7) is -0.715. The Balaban J connectivity index is 1.89. The van der Waals surface area contributed by atoms with Crippen molar-refractivity contribution < 1.29 is 27.8 Å². The van der Waals surface area contributed by atoms with E-state index in [9.17, 15) is 43.0 Å². The summed E-state index contributed by atoms with van der Waals surface area (Å²) in [6, 6.07) is 5.10. The van der Waals surface area contributed by atoms with Gasteiger partial charge in [0.1, 0.15) is 6.54 Å². The van der Waals surface area contributed by atoms with Gasteiger partial charge in [-0.1, -0.05) is 0 Å². The van der Waals surface area contributed by atoms with Crippen LogP contribution in [0, 0.1) is 20.2 Å². The van der Waals surface area contributed by atoms with Crippen molar-refractivity contribution in [3.8, 4) is 0 Å². The van der Waals surface area contributed by atoms with E-state index >= 15 is 0 Å². The first kappa shape index (κ1) is 21.4. The van der Waals surface area contributed by atoms with Gasteiger partial charge in [-0.05, 0) is 12.1 Å². The van der Waals surface area contributed by atoms with Crippen LogP contribution in [0.1, 0.15) is 5.56 Å². The molecule has 0 aliphatic carbocycles. The summed E-state index contributed by atoms with van der Waals surface area (Å²) in [7, 11) is 0. The van der Waals surface area contributed by atoms with E-state index in [2.05, 4.69) is 4.98 Å². The number of fused-ring (bicyclic) bond motifs is 1. The van der Waals surface area contributed by atoms with Crippen molar-refractivity contribution in [2.24, 2.45) is 0 Å². The highest BCUT2D eigenvalue weighted by atomic mass is 19.4. The molecule has 1 N–H and O–H groups in total. The first-order valence-electron chi connectivity index (χ1n) is 8.26. The number of rotatable bonds is 5. The maximum absolute atomic E-state index is 13.2. The van der Waals surface area contributed by atoms with E-state index < -0.39 is 51.0 Å². The van der Waals surface area contributed by atoms with E-state index in [1.807, 2.05) is 5.32 Å². The number of aromatic nitrogens is 2. The van der Waals surface area contributed by atoms with Gasteiger partial charge < -0.3 is 5.32 Å². The number of nitro benzene ring substituents is 2. The van der Waals surface area contributed by atoms with Crippen LogP contribution in [0.5, 0.6) is 0 Å². The SMILES string of the molecule is O=C(Cn1cnc2cc([N+](=O)[O-])ccc2c1=O)Nc1ccc([N+](=O)[O-])cc1C(F)(F)F. The molecule has 0 fully saturated rings. The van der Waals surface area contributed by atoms with Gasteiger partial charge in [0.05, 0.1) is 38.3 Å². The summed E-state index contributed by atoms with van der Waals surface area (Å²) in [5, 5.41) is 23.5. The molecular formula is C17H10F3N5O6. The third kappa shape index (κ3) is 4.47. The summed E-state index contributed by atoms with van der Waals surface area (Å²) in [6.07, 6.45) is -4.06. The van der Waals surface area contributed by atoms with Crippen molar-refractivity contribution in [2.75, 3.05) is 5.32 Å². The van der Waals surface area contributed by atoms with Gasteiger partial charge in [0.15, 0.2) is 0 Å². The lowest BCUT2D eigenvalue weighted by Gasteiger charge is -2.14. The molecule has 31 heavy (non-hydrogen) atoms. The summed E-state index contributed by atoms with van der Waals surface area (Å²) in [5.41, 5.74) is -3.99. The molecule has 0 aliphatic heterocycles. The standard InChI is InChI=1S/C17H10F3N5O6/c18-17(19,20)12-5-9(24(28)29)2-4-13(12)22-15(26)7-23-8-21-14-6-10(25(30)31)1-3-11(14)16(23)27/h1-6,8H,7H2,(H,22,26). The Bertz CT molecular complexity index is 1290. The van der Waals surface area contributed by atoms with Crippen molar-refractivity contribution in [1.82, 2.24) is 9.55 Å². The average Bonchev–Trinajstić information content (AvgIpc) is 2.69. The monoisotopic (exact) mass is 437 g/mol. The molecule has 0 atom stereocenters. The van der Waals surface area contributed by atoms with E-state index in [0.717, 1.165) is 41.2 Å². The Hall–Kier alpha value is -4.36. The molecule has 1 aromatic heterocycles. The van der Waals surface area contributed by atoms with Gasteiger partial charge >= 0.3 is 6.18 Å². The summed E-state index contributed by atoms with van der Waals surface area (Å²) < 4.78 is 40.4. The molecule has 1 amide bonds. The average molecular weight is 437 g/mol. The molecule has 1 heterocycles. The Morgan fingerprint density at radius 1 is 1.06 bits per heavy atom. The van der Waals surface area contributed by atoms with E-state index in [0.29, 0.717) is 0 Å². The lowest BCUT2D eigenvalue weighted by molar-refractivity contribution is -0.385. The van der Waals surface area contributed by atoms with Gasteiger partial charge in [-0.15, -0.1) is 0 Å². The fourth-order valence-electron chi connectivity index (χ4n) is 2.71. The third-order valence-corrected chi connectivity index (χ3v) is 4.13. The fourth-order valence-corrected chi connectivity index (χ4v) is 2.71. The Morgan fingerprint density at radius 2 is 1.68 bits per heavy atom. The van der Waals surface area contributed by atoms with E-state index in [1.165, 1.54) is 0 Å². The van der Waals surface area contributed by atoms with E-state index in [1.54, 1.807) is 0 Å². The lowest BCUT2D eigenvalue weighted by Crippen LogP contribution is -2.28. The van der Waals surface area contributed by atoms with Crippen LogP contribution in [0.3, 0.4) is 0 Å². The predicted octanol–water partition coefficient (Wildman–Crippen LogP) is 2.87. The number of carbonyl (C=O) groups excluding carboxylic acids is 1. The zero-order chi connectivity index (χ0) is 22.9. The molecule has 0 aliphatic rings. The van der Waals surface area contributed by atoms with Gasteiger partial charge in [-0.3, -0.25) is 34.4 Å². The molecule has 0 radical (unpaired) electrons. The molecule has 0 saturated carbocycles. The van der Waals surface area contributed by atoms with Crippen LogP contribution in [0.25, 0.3) is 10.9 Å². The largest absolute Gasteiger partial charge is 0.418 e. The number of benzene rings is 2. The number of alkyl halides is 3. The van der Waals surface area contributed by atoms with Crippen molar-refractivity contribution in [3.63, 3.8) is 0 Å². The highest BCUT2D eigenvalue weighted by Gasteiger charge is 2.35. The van der Waals surface area contributed by atoms with Crippen LogP contribution in [0.4, 0.5) is 30.2 Å². The van der Waals surface area contributed by atoms with Gasteiger partial charge in [-0.25, -0.2) is 4.98 Å². The topological polar surface area (TPSA) is 150 Å². The Morgan fingerprint density at radius 3 is 2.29 bits per heavy atom. The minimum Gasteiger partial charge on any atom is -0.324 e. The first-order chi connectivity index (χ1) is 14.5. The Labute approximate surface area is 169 Å². The molecule has 11 nitrogen and oxygen atoms in total. The van der Waals surface area contributed by atoms with Gasteiger partial charge in [0, 0.05) is 24.3 Å². The Kier molecular flexibility index (Phi) is 5.38. The fraction of sp³-hybridized carbons (Fsp3) is 0.118. The molecule has 0 spiro atoms. The second-order valence-corrected chi connectivity index (χ2v) is 6.17. The quantitative estimate of drug-likeness (QED) is 0.476. The number of carbonyl (C=O) groups is 1. The van der Waals surface area contributed by atoms with Gasteiger partial charge in [0.2, 0.25) is 5.91 Å². The zero-order valence-corrected chi connectivity index (χ0v) is 15.1. The number of nitrogens with zero attached hydrogens (tertiary/aromatic N) is 4. The minimum absolute atomic E-state index is 0.00517. The zero-order valence-electron chi connectivity index (χ0n) is 15.1. The minimum atomic E-state index is -4.98. The molecule has 3 aromatic rings. The number of hydrogen-bond acceptors (Lipinski definition) is 7. The molecule has 160 valence electrons. The van der Waals surface area contributed by atoms with Crippen LogP contribution in [0.2, 0.25) is 0 Å². The van der Waals surface area contributed by atoms with Crippen molar-refractivity contribution >= 4 is 33.9 Å². The smallest absolute Gasteiger partial charge is 0.324 e. The number of nitrogens with one attached hydrogen (secondary N) is 1. The second-order valence-electron chi connectivity index (χ2n) is 6.17. The maximum Gasteiger partial charge on any atom is 0.418 e. The van der Waals surface area contributed by atoms with E-state index in [-0.39, 0.29) is 22.7 Å². The van der Waals surface area contributed by atoms with Crippen LogP contribution < -0.4 is 10.9 Å². The van der Waals surface area contributed by atoms with Crippen LogP contribution in [0.15, 0.2) is 47.5 Å². The molecule has 0 saturated heterocycles. The molecule has 3 rings (SSSR count). The molecular weight excluding hydrogens is 427 g/mol. The molecule has 0 unspecified atom stereocenters. The number of non-ortho nitro benzene ring substituents is 2. The van der Waals surface area contributed by atoms with Crippen molar-refractivity contribution in [1.29, 1.82) is 0 Å². The molecule has 14 heteroatoms. The van der Waals surface area contributed by atoms with Crippen LogP contribution in [-0.4, -0.2) is 25.3 Å². The van der Waals surface area contributed by atoms with Gasteiger partial charge in [-0.2, -0.15) is 13.2 Å². The first-order valence-corrected chi connectivity index (χ1v) is 8.26. The molecule has 2 aromatic carbocycles. The molecule has 0 bridgehead atoms. The summed E-state index contributed by atoms with van der Waals surface area (Å²) in [5.74, 6) is -1.02. The summed E-state index contributed by atoms with van der Waals surface area (Å²) in [4.78, 5) is 48.4. The third-order valence-electron chi connectivity index (χ3n) is 4.13. The number of amides is 1. The van der Waals surface area contributed by atoms with Crippen molar-refractivity contribution in [3.05, 3.63) is 78.9 Å². The highest BCUT2D eigenvalue weighted by Crippen LogP contribution is 2.37. The number of halogens is 3. The number of anilines is 1. The lowest BCUT2D eigenvalue weighted by atomic mass is 10.1. The predicted molar refractivity (Wildman–Crippen MR) is 99.4 cm³/mol. The number of nitro groups is 2.